The second kappa shape index (κ2) is 7.62. The normalized spacial score (nSPS) is 11.4. The van der Waals surface area contributed by atoms with Crippen molar-refractivity contribution < 1.29 is 9.47 Å². The van der Waals surface area contributed by atoms with Crippen LogP contribution >= 0.6 is 11.6 Å². The number of fused-ring (bicyclic) bond motifs is 1. The molecule has 0 saturated heterocycles. The van der Waals surface area contributed by atoms with E-state index in [1.807, 2.05) is 38.1 Å². The largest absolute Gasteiger partial charge is 0.493 e. The van der Waals surface area contributed by atoms with Gasteiger partial charge in [0.15, 0.2) is 11.5 Å². The highest BCUT2D eigenvalue weighted by Crippen LogP contribution is 2.37. The van der Waals surface area contributed by atoms with Crippen LogP contribution in [0, 0.1) is 0 Å². The van der Waals surface area contributed by atoms with Crippen LogP contribution in [-0.2, 0) is 0 Å². The number of nitrogens with zero attached hydrogens (tertiary/aromatic N) is 1. The molecule has 0 atom stereocenters. The summed E-state index contributed by atoms with van der Waals surface area (Å²) >= 11 is 6.33. The van der Waals surface area contributed by atoms with Gasteiger partial charge in [0.2, 0.25) is 0 Å². The number of hydrogen-bond acceptors (Lipinski definition) is 4. The van der Waals surface area contributed by atoms with Gasteiger partial charge in [-0.15, -0.1) is 0 Å². The van der Waals surface area contributed by atoms with Crippen molar-refractivity contribution in [3.63, 3.8) is 0 Å². The monoisotopic (exact) mass is 370 g/mol. The third-order valence-electron chi connectivity index (χ3n) is 3.66. The van der Waals surface area contributed by atoms with Gasteiger partial charge >= 0.3 is 0 Å². The first kappa shape index (κ1) is 18.0. The van der Waals surface area contributed by atoms with Gasteiger partial charge in [-0.1, -0.05) is 29.8 Å². The lowest BCUT2D eigenvalue weighted by Crippen LogP contribution is -2.11. The zero-order valence-electron chi connectivity index (χ0n) is 14.7. The van der Waals surface area contributed by atoms with Gasteiger partial charge in [-0.25, -0.2) is 4.98 Å². The molecule has 2 aromatic carbocycles. The lowest BCUT2D eigenvalue weighted by Gasteiger charge is -2.15. The minimum absolute atomic E-state index is 0.0249. The fraction of sp³-hybridized carbons (Fsp3) is 0.200. The van der Waals surface area contributed by atoms with Gasteiger partial charge < -0.3 is 14.5 Å². The molecule has 0 amide bonds. The van der Waals surface area contributed by atoms with Crippen molar-refractivity contribution in [3.05, 3.63) is 63.0 Å². The maximum absolute atomic E-state index is 12.2. The Morgan fingerprint density at radius 3 is 2.69 bits per heavy atom. The molecule has 26 heavy (non-hydrogen) atoms. The maximum Gasteiger partial charge on any atom is 0.274 e. The van der Waals surface area contributed by atoms with Crippen LogP contribution in [0.2, 0.25) is 5.02 Å². The Balaban J connectivity index is 1.97. The van der Waals surface area contributed by atoms with Gasteiger partial charge in [-0.2, -0.15) is 0 Å². The summed E-state index contributed by atoms with van der Waals surface area (Å²) in [6, 6.07) is 10.9. The molecule has 0 aliphatic heterocycles. The lowest BCUT2D eigenvalue weighted by atomic mass is 10.1. The molecule has 6 heteroatoms. The molecule has 0 aliphatic rings. The topological polar surface area (TPSA) is 64.2 Å². The van der Waals surface area contributed by atoms with E-state index in [9.17, 15) is 4.79 Å². The van der Waals surface area contributed by atoms with E-state index in [2.05, 4.69) is 9.97 Å². The highest BCUT2D eigenvalue weighted by molar-refractivity contribution is 6.32. The van der Waals surface area contributed by atoms with Crippen molar-refractivity contribution >= 4 is 34.8 Å². The fourth-order valence-corrected chi connectivity index (χ4v) is 2.78. The van der Waals surface area contributed by atoms with E-state index in [0.717, 1.165) is 11.1 Å². The summed E-state index contributed by atoms with van der Waals surface area (Å²) < 4.78 is 11.1. The van der Waals surface area contributed by atoms with E-state index < -0.39 is 0 Å². The van der Waals surface area contributed by atoms with Crippen LogP contribution in [0.4, 0.5) is 0 Å². The Labute approximate surface area is 156 Å². The van der Waals surface area contributed by atoms with Crippen molar-refractivity contribution in [1.82, 2.24) is 9.97 Å². The van der Waals surface area contributed by atoms with Crippen LogP contribution in [0.1, 0.15) is 25.1 Å². The van der Waals surface area contributed by atoms with Crippen LogP contribution in [-0.4, -0.2) is 23.2 Å². The summed E-state index contributed by atoms with van der Waals surface area (Å²) in [5.74, 6) is 1.04. The van der Waals surface area contributed by atoms with Gasteiger partial charge in [-0.05, 0) is 49.8 Å². The van der Waals surface area contributed by atoms with E-state index in [0.29, 0.717) is 27.7 Å². The molecule has 3 rings (SSSR count). The molecular formula is C20H19ClN2O3. The first-order chi connectivity index (χ1) is 12.5. The summed E-state index contributed by atoms with van der Waals surface area (Å²) in [4.78, 5) is 19.4. The highest BCUT2D eigenvalue weighted by atomic mass is 35.5. The molecule has 0 spiro atoms. The van der Waals surface area contributed by atoms with Crippen LogP contribution < -0.4 is 15.0 Å². The van der Waals surface area contributed by atoms with Crippen molar-refractivity contribution in [3.8, 4) is 11.5 Å². The van der Waals surface area contributed by atoms with Crippen molar-refractivity contribution in [1.29, 1.82) is 0 Å². The van der Waals surface area contributed by atoms with Gasteiger partial charge in [0.1, 0.15) is 5.69 Å². The standard InChI is InChI=1S/C20H19ClN2O3/c1-12(2)26-19-14(21)10-13(11-18(19)25-3)8-9-17-20(24)23-16-7-5-4-6-15(16)22-17/h4-12H,1-3H3,(H,23,24)/b9-8+. The Kier molecular flexibility index (Phi) is 5.28. The van der Waals surface area contributed by atoms with Crippen LogP contribution in [0.25, 0.3) is 23.2 Å². The summed E-state index contributed by atoms with van der Waals surface area (Å²) in [5.41, 5.74) is 2.27. The molecule has 1 heterocycles. The minimum Gasteiger partial charge on any atom is -0.493 e. The SMILES string of the molecule is COc1cc(/C=C/c2nc3ccccc3[nH]c2=O)cc(Cl)c1OC(C)C. The molecule has 1 aromatic heterocycles. The van der Waals surface area contributed by atoms with E-state index >= 15 is 0 Å². The van der Waals surface area contributed by atoms with E-state index in [1.54, 1.807) is 31.4 Å². The van der Waals surface area contributed by atoms with E-state index in [4.69, 9.17) is 21.1 Å². The third kappa shape index (κ3) is 3.89. The molecule has 1 N–H and O–H groups in total. The lowest BCUT2D eigenvalue weighted by molar-refractivity contribution is 0.230. The first-order valence-electron chi connectivity index (χ1n) is 8.19. The van der Waals surface area contributed by atoms with Crippen LogP contribution in [0.3, 0.4) is 0 Å². The Morgan fingerprint density at radius 1 is 1.19 bits per heavy atom. The van der Waals surface area contributed by atoms with Gasteiger partial charge in [-0.3, -0.25) is 4.79 Å². The van der Waals surface area contributed by atoms with Crippen molar-refractivity contribution in [2.24, 2.45) is 0 Å². The van der Waals surface area contributed by atoms with Gasteiger partial charge in [0.25, 0.3) is 5.56 Å². The molecule has 0 fully saturated rings. The molecule has 0 radical (unpaired) electrons. The number of benzene rings is 2. The predicted molar refractivity (Wildman–Crippen MR) is 105 cm³/mol. The zero-order valence-corrected chi connectivity index (χ0v) is 15.5. The molecule has 0 aliphatic carbocycles. The Hall–Kier alpha value is -2.79. The molecular weight excluding hydrogens is 352 g/mol. The highest BCUT2D eigenvalue weighted by Gasteiger charge is 2.12. The number of para-hydroxylation sites is 2. The van der Waals surface area contributed by atoms with E-state index in [-0.39, 0.29) is 11.7 Å². The number of H-pyrrole nitrogens is 1. The quantitative estimate of drug-likeness (QED) is 0.716. The summed E-state index contributed by atoms with van der Waals surface area (Å²) in [7, 11) is 1.56. The van der Waals surface area contributed by atoms with Crippen LogP contribution in [0.5, 0.6) is 11.5 Å². The van der Waals surface area contributed by atoms with Crippen molar-refractivity contribution in [2.75, 3.05) is 7.11 Å². The average molecular weight is 371 g/mol. The zero-order chi connectivity index (χ0) is 18.7. The summed E-state index contributed by atoms with van der Waals surface area (Å²) in [6.45, 7) is 3.84. The number of ether oxygens (including phenoxy) is 2. The van der Waals surface area contributed by atoms with E-state index in [1.165, 1.54) is 0 Å². The number of hydrogen-bond donors (Lipinski definition) is 1. The third-order valence-corrected chi connectivity index (χ3v) is 3.95. The molecule has 0 saturated carbocycles. The average Bonchev–Trinajstić information content (AvgIpc) is 2.61. The summed E-state index contributed by atoms with van der Waals surface area (Å²) in [6.07, 6.45) is 3.39. The number of nitrogens with one attached hydrogen (secondary N) is 1. The predicted octanol–water partition coefficient (Wildman–Crippen LogP) is 4.54. The Bertz CT molecular complexity index is 1030. The number of aromatic nitrogens is 2. The molecule has 0 unspecified atom stereocenters. The number of rotatable bonds is 5. The number of halogens is 1. The number of aromatic amines is 1. The fourth-order valence-electron chi connectivity index (χ4n) is 2.52. The minimum atomic E-state index is -0.252. The van der Waals surface area contributed by atoms with Gasteiger partial charge in [0.05, 0.1) is 29.3 Å². The smallest absolute Gasteiger partial charge is 0.274 e. The molecule has 5 nitrogen and oxygen atoms in total. The first-order valence-corrected chi connectivity index (χ1v) is 8.57. The number of methoxy groups -OCH3 is 1. The summed E-state index contributed by atoms with van der Waals surface area (Å²) in [5, 5.41) is 0.443. The van der Waals surface area contributed by atoms with Crippen molar-refractivity contribution in [2.45, 2.75) is 20.0 Å². The molecule has 0 bridgehead atoms. The molecule has 134 valence electrons. The van der Waals surface area contributed by atoms with Crippen LogP contribution in [0.15, 0.2) is 41.2 Å². The van der Waals surface area contributed by atoms with Gasteiger partial charge in [0, 0.05) is 0 Å². The molecule has 3 aromatic rings. The second-order valence-electron chi connectivity index (χ2n) is 6.00. The maximum atomic E-state index is 12.2. The Morgan fingerprint density at radius 2 is 1.96 bits per heavy atom. The second-order valence-corrected chi connectivity index (χ2v) is 6.41.